The Morgan fingerprint density at radius 3 is 3.00 bits per heavy atom. The van der Waals surface area contributed by atoms with Crippen LogP contribution in [0.2, 0.25) is 0 Å². The van der Waals surface area contributed by atoms with E-state index in [4.69, 9.17) is 4.52 Å². The minimum atomic E-state index is 0.543. The number of rotatable bonds is 2. The van der Waals surface area contributed by atoms with Crippen molar-refractivity contribution in [2.45, 2.75) is 6.92 Å². The molecule has 0 unspecified atom stereocenters. The lowest BCUT2D eigenvalue weighted by Gasteiger charge is -1.87. The highest BCUT2D eigenvalue weighted by molar-refractivity contribution is 7.13. The maximum Gasteiger partial charge on any atom is 0.270 e. The van der Waals surface area contributed by atoms with Crippen molar-refractivity contribution in [2.75, 3.05) is 0 Å². The van der Waals surface area contributed by atoms with E-state index in [1.807, 2.05) is 23.8 Å². The smallest absolute Gasteiger partial charge is 0.270 e. The van der Waals surface area contributed by atoms with E-state index in [9.17, 15) is 0 Å². The molecule has 0 amide bonds. The maximum atomic E-state index is 5.23. The summed E-state index contributed by atoms with van der Waals surface area (Å²) in [6.45, 7) is 1.93. The topological polar surface area (TPSA) is 51.8 Å². The Kier molecular flexibility index (Phi) is 2.30. The van der Waals surface area contributed by atoms with Crippen LogP contribution in [-0.2, 0) is 0 Å². The van der Waals surface area contributed by atoms with E-state index in [0.717, 1.165) is 16.1 Å². The van der Waals surface area contributed by atoms with Gasteiger partial charge in [0, 0.05) is 10.9 Å². The number of aryl methyl sites for hydroxylation is 1. The summed E-state index contributed by atoms with van der Waals surface area (Å²) in [4.78, 5) is 9.45. The van der Waals surface area contributed by atoms with Crippen molar-refractivity contribution in [1.82, 2.24) is 15.1 Å². The van der Waals surface area contributed by atoms with Gasteiger partial charge in [-0.2, -0.15) is 16.3 Å². The van der Waals surface area contributed by atoms with Gasteiger partial charge in [0.1, 0.15) is 4.88 Å². The van der Waals surface area contributed by atoms with Gasteiger partial charge in [0.25, 0.3) is 5.89 Å². The molecule has 3 rings (SSSR count). The lowest BCUT2D eigenvalue weighted by molar-refractivity contribution is 0.433. The zero-order valence-corrected chi connectivity index (χ0v) is 10.0. The number of aromatic nitrogens is 3. The van der Waals surface area contributed by atoms with Gasteiger partial charge in [-0.3, -0.25) is 0 Å². The molecule has 0 radical (unpaired) electrons. The average Bonchev–Trinajstić information content (AvgIpc) is 2.96. The second-order valence-electron chi connectivity index (χ2n) is 3.20. The average molecular weight is 249 g/mol. The SMILES string of the molecule is Cc1ncsc1-c1nc(-c2ccsc2)no1. The summed E-state index contributed by atoms with van der Waals surface area (Å²) in [5.74, 6) is 1.17. The fraction of sp³-hybridized carbons (Fsp3) is 0.100. The third-order valence-corrected chi connectivity index (χ3v) is 3.74. The fourth-order valence-corrected chi connectivity index (χ4v) is 2.69. The highest BCUT2D eigenvalue weighted by Gasteiger charge is 2.14. The van der Waals surface area contributed by atoms with E-state index < -0.39 is 0 Å². The Labute approximate surface area is 99.6 Å². The second kappa shape index (κ2) is 3.80. The Bertz CT molecular complexity index is 597. The Hall–Kier alpha value is -1.53. The molecule has 0 bridgehead atoms. The van der Waals surface area contributed by atoms with E-state index in [1.54, 1.807) is 16.8 Å². The maximum absolute atomic E-state index is 5.23. The van der Waals surface area contributed by atoms with E-state index in [-0.39, 0.29) is 0 Å². The fourth-order valence-electron chi connectivity index (χ4n) is 1.33. The number of hydrogen-bond acceptors (Lipinski definition) is 6. The molecule has 0 aliphatic heterocycles. The van der Waals surface area contributed by atoms with E-state index >= 15 is 0 Å². The summed E-state index contributed by atoms with van der Waals surface area (Å²) in [7, 11) is 0. The molecule has 3 heterocycles. The van der Waals surface area contributed by atoms with Crippen LogP contribution in [0.25, 0.3) is 22.2 Å². The van der Waals surface area contributed by atoms with Gasteiger partial charge in [0.05, 0.1) is 11.2 Å². The van der Waals surface area contributed by atoms with Crippen LogP contribution in [0.4, 0.5) is 0 Å². The molecular formula is C10H7N3OS2. The molecule has 0 saturated heterocycles. The molecule has 3 aromatic heterocycles. The number of thiophene rings is 1. The summed E-state index contributed by atoms with van der Waals surface area (Å²) in [6.07, 6.45) is 0. The molecule has 3 aromatic rings. The quantitative estimate of drug-likeness (QED) is 0.699. The van der Waals surface area contributed by atoms with Crippen LogP contribution in [0.15, 0.2) is 26.9 Å². The van der Waals surface area contributed by atoms with Crippen molar-refractivity contribution in [3.05, 3.63) is 28.0 Å². The van der Waals surface area contributed by atoms with Gasteiger partial charge in [-0.05, 0) is 18.4 Å². The highest BCUT2D eigenvalue weighted by atomic mass is 32.1. The molecular weight excluding hydrogens is 242 g/mol. The molecule has 0 aromatic carbocycles. The van der Waals surface area contributed by atoms with E-state index in [2.05, 4.69) is 15.1 Å². The van der Waals surface area contributed by atoms with Gasteiger partial charge in [-0.15, -0.1) is 11.3 Å². The molecule has 0 N–H and O–H groups in total. The molecule has 0 fully saturated rings. The van der Waals surface area contributed by atoms with Crippen LogP contribution in [0.1, 0.15) is 5.69 Å². The molecule has 4 nitrogen and oxygen atoms in total. The normalized spacial score (nSPS) is 10.8. The summed E-state index contributed by atoms with van der Waals surface area (Å²) in [5.41, 5.74) is 3.69. The van der Waals surface area contributed by atoms with Crippen molar-refractivity contribution >= 4 is 22.7 Å². The molecule has 80 valence electrons. The van der Waals surface area contributed by atoms with Gasteiger partial charge in [-0.1, -0.05) is 5.16 Å². The first-order chi connectivity index (χ1) is 7.84. The minimum absolute atomic E-state index is 0.543. The van der Waals surface area contributed by atoms with Crippen molar-refractivity contribution in [1.29, 1.82) is 0 Å². The summed E-state index contributed by atoms with van der Waals surface area (Å²) < 4.78 is 5.23. The standard InChI is InChI=1S/C10H7N3OS2/c1-6-8(16-5-11-6)10-12-9(13-14-10)7-2-3-15-4-7/h2-5H,1H3. The van der Waals surface area contributed by atoms with Crippen molar-refractivity contribution in [2.24, 2.45) is 0 Å². The van der Waals surface area contributed by atoms with Crippen LogP contribution in [0.5, 0.6) is 0 Å². The molecule has 0 aliphatic rings. The number of thiazole rings is 1. The first kappa shape index (κ1) is 9.68. The number of hydrogen-bond donors (Lipinski definition) is 0. The molecule has 0 atom stereocenters. The van der Waals surface area contributed by atoms with E-state index in [0.29, 0.717) is 11.7 Å². The van der Waals surface area contributed by atoms with Crippen molar-refractivity contribution < 1.29 is 4.52 Å². The van der Waals surface area contributed by atoms with Crippen molar-refractivity contribution in [3.63, 3.8) is 0 Å². The van der Waals surface area contributed by atoms with Crippen LogP contribution in [0.3, 0.4) is 0 Å². The Morgan fingerprint density at radius 2 is 2.31 bits per heavy atom. The highest BCUT2D eigenvalue weighted by Crippen LogP contribution is 2.28. The van der Waals surface area contributed by atoms with Gasteiger partial charge < -0.3 is 4.52 Å². The predicted molar refractivity (Wildman–Crippen MR) is 63.5 cm³/mol. The largest absolute Gasteiger partial charge is 0.333 e. The third-order valence-electron chi connectivity index (χ3n) is 2.15. The summed E-state index contributed by atoms with van der Waals surface area (Å²) in [6, 6.07) is 1.97. The Balaban J connectivity index is 2.03. The van der Waals surface area contributed by atoms with Crippen LogP contribution in [0, 0.1) is 6.92 Å². The Morgan fingerprint density at radius 1 is 1.38 bits per heavy atom. The van der Waals surface area contributed by atoms with E-state index in [1.165, 1.54) is 11.3 Å². The minimum Gasteiger partial charge on any atom is -0.333 e. The summed E-state index contributed by atoms with van der Waals surface area (Å²) >= 11 is 3.12. The zero-order valence-electron chi connectivity index (χ0n) is 8.38. The van der Waals surface area contributed by atoms with Crippen LogP contribution >= 0.6 is 22.7 Å². The van der Waals surface area contributed by atoms with Gasteiger partial charge in [0.15, 0.2) is 0 Å². The van der Waals surface area contributed by atoms with Crippen LogP contribution in [-0.4, -0.2) is 15.1 Å². The molecule has 0 saturated carbocycles. The first-order valence-electron chi connectivity index (χ1n) is 4.61. The molecule has 0 aliphatic carbocycles. The number of nitrogens with zero attached hydrogens (tertiary/aromatic N) is 3. The monoisotopic (exact) mass is 249 g/mol. The molecule has 6 heteroatoms. The van der Waals surface area contributed by atoms with Crippen LogP contribution < -0.4 is 0 Å². The first-order valence-corrected chi connectivity index (χ1v) is 6.43. The lowest BCUT2D eigenvalue weighted by atomic mass is 10.3. The molecule has 16 heavy (non-hydrogen) atoms. The van der Waals surface area contributed by atoms with Gasteiger partial charge in [0.2, 0.25) is 5.82 Å². The molecule has 0 spiro atoms. The van der Waals surface area contributed by atoms with Crippen molar-refractivity contribution in [3.8, 4) is 22.2 Å². The van der Waals surface area contributed by atoms with Gasteiger partial charge >= 0.3 is 0 Å². The second-order valence-corrected chi connectivity index (χ2v) is 4.84. The third kappa shape index (κ3) is 1.56. The summed E-state index contributed by atoms with van der Waals surface area (Å²) in [5, 5.41) is 7.94. The zero-order chi connectivity index (χ0) is 11.0. The predicted octanol–water partition coefficient (Wildman–Crippen LogP) is 3.23. The lowest BCUT2D eigenvalue weighted by Crippen LogP contribution is -1.78. The van der Waals surface area contributed by atoms with Gasteiger partial charge in [-0.25, -0.2) is 4.98 Å².